The third kappa shape index (κ3) is 3.80. The normalized spacial score (nSPS) is 36.9. The van der Waals surface area contributed by atoms with Crippen LogP contribution in [0, 0.1) is 17.8 Å². The van der Waals surface area contributed by atoms with Gasteiger partial charge in [0.15, 0.2) is 0 Å². The van der Waals surface area contributed by atoms with Gasteiger partial charge in [0, 0.05) is 6.04 Å². The van der Waals surface area contributed by atoms with E-state index in [0.29, 0.717) is 17.9 Å². The Hall–Kier alpha value is -0.570. The smallest absolute Gasteiger partial charge is 0.240 e. The predicted molar refractivity (Wildman–Crippen MR) is 88.1 cm³/mol. The van der Waals surface area contributed by atoms with Crippen LogP contribution in [-0.2, 0) is 4.79 Å². The highest BCUT2D eigenvalue weighted by molar-refractivity contribution is 5.87. The lowest BCUT2D eigenvalue weighted by atomic mass is 9.73. The Labute approximate surface area is 130 Å². The molecule has 3 heteroatoms. The first-order valence-electron chi connectivity index (χ1n) is 9.04. The van der Waals surface area contributed by atoms with Crippen molar-refractivity contribution in [1.82, 2.24) is 10.6 Å². The van der Waals surface area contributed by atoms with Gasteiger partial charge in [-0.3, -0.25) is 4.79 Å². The van der Waals surface area contributed by atoms with Crippen LogP contribution in [0.3, 0.4) is 0 Å². The molecule has 2 rings (SSSR count). The molecule has 2 aliphatic rings. The topological polar surface area (TPSA) is 41.1 Å². The highest BCUT2D eigenvalue weighted by Crippen LogP contribution is 2.34. The lowest BCUT2D eigenvalue weighted by Gasteiger charge is -2.40. The van der Waals surface area contributed by atoms with E-state index in [1.54, 1.807) is 0 Å². The van der Waals surface area contributed by atoms with Crippen molar-refractivity contribution in [3.05, 3.63) is 0 Å². The van der Waals surface area contributed by atoms with E-state index < -0.39 is 0 Å². The van der Waals surface area contributed by atoms with Crippen LogP contribution in [-0.4, -0.2) is 24.0 Å². The zero-order chi connectivity index (χ0) is 15.5. The molecule has 21 heavy (non-hydrogen) atoms. The SMILES string of the molecule is CCCC1(C(=O)NC2CC(C)CCC2C(C)C)CCCN1. The number of hydrogen-bond acceptors (Lipinski definition) is 2. The maximum atomic E-state index is 12.9. The molecule has 0 aromatic heterocycles. The van der Waals surface area contributed by atoms with Crippen LogP contribution >= 0.6 is 0 Å². The van der Waals surface area contributed by atoms with Crippen molar-refractivity contribution in [1.29, 1.82) is 0 Å². The zero-order valence-electron chi connectivity index (χ0n) is 14.4. The first-order valence-corrected chi connectivity index (χ1v) is 9.04. The van der Waals surface area contributed by atoms with E-state index in [-0.39, 0.29) is 11.4 Å². The minimum Gasteiger partial charge on any atom is -0.351 e. The second kappa shape index (κ2) is 7.13. The average Bonchev–Trinajstić information content (AvgIpc) is 2.88. The van der Waals surface area contributed by atoms with Crippen molar-refractivity contribution in [2.75, 3.05) is 6.54 Å². The maximum Gasteiger partial charge on any atom is 0.240 e. The fourth-order valence-electron chi connectivity index (χ4n) is 4.43. The summed E-state index contributed by atoms with van der Waals surface area (Å²) in [4.78, 5) is 12.9. The lowest BCUT2D eigenvalue weighted by molar-refractivity contribution is -0.129. The summed E-state index contributed by atoms with van der Waals surface area (Å²) in [6.07, 6.45) is 7.88. The van der Waals surface area contributed by atoms with Gasteiger partial charge in [0.2, 0.25) is 5.91 Å². The van der Waals surface area contributed by atoms with Gasteiger partial charge >= 0.3 is 0 Å². The van der Waals surface area contributed by atoms with Gasteiger partial charge in [-0.2, -0.15) is 0 Å². The first-order chi connectivity index (χ1) is 9.98. The monoisotopic (exact) mass is 294 g/mol. The predicted octanol–water partition coefficient (Wildman–Crippen LogP) is 3.49. The number of nitrogens with one attached hydrogen (secondary N) is 2. The summed E-state index contributed by atoms with van der Waals surface area (Å²) in [7, 11) is 0. The molecule has 4 atom stereocenters. The number of carbonyl (C=O) groups is 1. The Balaban J connectivity index is 2.04. The standard InChI is InChI=1S/C18H34N2O/c1-5-9-18(10-6-11-19-18)17(21)20-16-12-14(4)7-8-15(16)13(2)3/h13-16,19H,5-12H2,1-4H3,(H,20,21). The summed E-state index contributed by atoms with van der Waals surface area (Å²) in [6, 6.07) is 0.373. The van der Waals surface area contributed by atoms with Crippen molar-refractivity contribution in [3.8, 4) is 0 Å². The summed E-state index contributed by atoms with van der Waals surface area (Å²) < 4.78 is 0. The van der Waals surface area contributed by atoms with Crippen molar-refractivity contribution in [3.63, 3.8) is 0 Å². The number of carbonyl (C=O) groups excluding carboxylic acids is 1. The average molecular weight is 294 g/mol. The van der Waals surface area contributed by atoms with Crippen molar-refractivity contribution < 1.29 is 4.79 Å². The van der Waals surface area contributed by atoms with Crippen LogP contribution in [0.1, 0.15) is 72.6 Å². The van der Waals surface area contributed by atoms with E-state index in [1.807, 2.05) is 0 Å². The molecule has 0 aromatic carbocycles. The molecule has 1 aliphatic heterocycles. The minimum atomic E-state index is -0.281. The Bertz CT molecular complexity index is 347. The molecule has 2 fully saturated rings. The summed E-state index contributed by atoms with van der Waals surface area (Å²) in [5, 5.41) is 6.95. The lowest BCUT2D eigenvalue weighted by Crippen LogP contribution is -2.58. The molecule has 2 N–H and O–H groups in total. The van der Waals surface area contributed by atoms with Crippen LogP contribution in [0.25, 0.3) is 0 Å². The highest BCUT2D eigenvalue weighted by Gasteiger charge is 2.42. The Morgan fingerprint density at radius 2 is 2.14 bits per heavy atom. The third-order valence-corrected chi connectivity index (χ3v) is 5.69. The summed E-state index contributed by atoms with van der Waals surface area (Å²) in [5.41, 5.74) is -0.281. The summed E-state index contributed by atoms with van der Waals surface area (Å²) in [5.74, 6) is 2.31. The van der Waals surface area contributed by atoms with Crippen molar-refractivity contribution in [2.45, 2.75) is 84.2 Å². The molecule has 0 bridgehead atoms. The van der Waals surface area contributed by atoms with Crippen LogP contribution in [0.4, 0.5) is 0 Å². The Morgan fingerprint density at radius 3 is 2.71 bits per heavy atom. The molecule has 0 aromatic rings. The molecule has 122 valence electrons. The quantitative estimate of drug-likeness (QED) is 0.815. The van der Waals surface area contributed by atoms with Gasteiger partial charge in [0.1, 0.15) is 0 Å². The molecule has 3 nitrogen and oxygen atoms in total. The van der Waals surface area contributed by atoms with E-state index in [9.17, 15) is 4.79 Å². The van der Waals surface area contributed by atoms with Gasteiger partial charge in [0.05, 0.1) is 5.54 Å². The maximum absolute atomic E-state index is 12.9. The van der Waals surface area contributed by atoms with Gasteiger partial charge in [0.25, 0.3) is 0 Å². The van der Waals surface area contributed by atoms with E-state index in [2.05, 4.69) is 38.3 Å². The zero-order valence-corrected chi connectivity index (χ0v) is 14.4. The van der Waals surface area contributed by atoms with E-state index >= 15 is 0 Å². The van der Waals surface area contributed by atoms with Crippen LogP contribution in [0.5, 0.6) is 0 Å². The van der Waals surface area contributed by atoms with Crippen molar-refractivity contribution >= 4 is 5.91 Å². The van der Waals surface area contributed by atoms with Crippen LogP contribution in [0.2, 0.25) is 0 Å². The van der Waals surface area contributed by atoms with Crippen molar-refractivity contribution in [2.24, 2.45) is 17.8 Å². The van der Waals surface area contributed by atoms with Gasteiger partial charge < -0.3 is 10.6 Å². The molecular weight excluding hydrogens is 260 g/mol. The van der Waals surface area contributed by atoms with Crippen LogP contribution in [0.15, 0.2) is 0 Å². The van der Waals surface area contributed by atoms with E-state index in [4.69, 9.17) is 0 Å². The van der Waals surface area contributed by atoms with E-state index in [1.165, 1.54) is 12.8 Å². The fourth-order valence-corrected chi connectivity index (χ4v) is 4.43. The first kappa shape index (κ1) is 16.8. The molecule has 1 heterocycles. The van der Waals surface area contributed by atoms with E-state index in [0.717, 1.165) is 44.6 Å². The second-order valence-corrected chi connectivity index (χ2v) is 7.77. The summed E-state index contributed by atoms with van der Waals surface area (Å²) >= 11 is 0. The molecule has 1 aliphatic carbocycles. The molecule has 1 amide bonds. The van der Waals surface area contributed by atoms with Gasteiger partial charge in [-0.25, -0.2) is 0 Å². The molecule has 0 spiro atoms. The van der Waals surface area contributed by atoms with Gasteiger partial charge in [-0.15, -0.1) is 0 Å². The fraction of sp³-hybridized carbons (Fsp3) is 0.944. The van der Waals surface area contributed by atoms with Gasteiger partial charge in [-0.05, 0) is 56.4 Å². The number of amides is 1. The van der Waals surface area contributed by atoms with Gasteiger partial charge in [-0.1, -0.05) is 40.5 Å². The minimum absolute atomic E-state index is 0.270. The third-order valence-electron chi connectivity index (χ3n) is 5.69. The number of rotatable bonds is 5. The molecule has 1 saturated carbocycles. The van der Waals surface area contributed by atoms with Crippen LogP contribution < -0.4 is 10.6 Å². The number of hydrogen-bond donors (Lipinski definition) is 2. The highest BCUT2D eigenvalue weighted by atomic mass is 16.2. The Kier molecular flexibility index (Phi) is 5.70. The molecule has 0 radical (unpaired) electrons. The second-order valence-electron chi connectivity index (χ2n) is 7.77. The largest absolute Gasteiger partial charge is 0.351 e. The summed E-state index contributed by atoms with van der Waals surface area (Å²) in [6.45, 7) is 10.1. The molecular formula is C18H34N2O. The Morgan fingerprint density at radius 1 is 1.38 bits per heavy atom. The molecule has 4 unspecified atom stereocenters. The molecule has 1 saturated heterocycles.